The largest absolute Gasteiger partial charge is 0.385 e. The Balaban J connectivity index is 1.59. The number of carbonyl (C=O) groups excluding carboxylic acids is 1. The van der Waals surface area contributed by atoms with Gasteiger partial charge in [-0.15, -0.1) is 0 Å². The summed E-state index contributed by atoms with van der Waals surface area (Å²) in [4.78, 5) is 23.2. The number of nitrogens with zero attached hydrogens (tertiary/aromatic N) is 4. The van der Waals surface area contributed by atoms with Crippen molar-refractivity contribution in [1.29, 1.82) is 0 Å². The summed E-state index contributed by atoms with van der Waals surface area (Å²) in [5.41, 5.74) is -0.455. The van der Waals surface area contributed by atoms with E-state index in [9.17, 15) is 9.18 Å². The number of piperidine rings is 1. The number of aromatic nitrogens is 3. The number of pyridine rings is 1. The third kappa shape index (κ3) is 4.22. The minimum Gasteiger partial charge on any atom is -0.385 e. The maximum absolute atomic E-state index is 14.1. The molecule has 2 aromatic heterocycles. The SMILES string of the molecule is COCCC1(c2noc(C3CCOCC3)n2)CCCN(C(=O)c2ccncc2F)C1. The van der Waals surface area contributed by atoms with E-state index < -0.39 is 11.2 Å². The van der Waals surface area contributed by atoms with Gasteiger partial charge in [0.1, 0.15) is 0 Å². The Morgan fingerprint density at radius 1 is 1.40 bits per heavy atom. The van der Waals surface area contributed by atoms with E-state index in [0.29, 0.717) is 51.0 Å². The number of carbonyl (C=O) groups is 1. The van der Waals surface area contributed by atoms with Gasteiger partial charge in [-0.05, 0) is 38.2 Å². The summed E-state index contributed by atoms with van der Waals surface area (Å²) in [6.45, 7) is 2.84. The highest BCUT2D eigenvalue weighted by Crippen LogP contribution is 2.37. The van der Waals surface area contributed by atoms with Crippen molar-refractivity contribution in [2.24, 2.45) is 0 Å². The summed E-state index contributed by atoms with van der Waals surface area (Å²) in [6.07, 6.45) is 6.44. The van der Waals surface area contributed by atoms with Gasteiger partial charge >= 0.3 is 0 Å². The van der Waals surface area contributed by atoms with Crippen LogP contribution in [0.3, 0.4) is 0 Å². The van der Waals surface area contributed by atoms with Gasteiger partial charge in [-0.25, -0.2) is 4.39 Å². The molecule has 9 heteroatoms. The van der Waals surface area contributed by atoms with Gasteiger partial charge in [0.25, 0.3) is 5.91 Å². The Bertz CT molecular complexity index is 870. The second-order valence-electron chi connectivity index (χ2n) is 8.05. The highest BCUT2D eigenvalue weighted by Gasteiger charge is 2.43. The maximum Gasteiger partial charge on any atom is 0.256 e. The van der Waals surface area contributed by atoms with Gasteiger partial charge in [0.15, 0.2) is 11.6 Å². The van der Waals surface area contributed by atoms with E-state index in [1.165, 1.54) is 12.3 Å². The first-order chi connectivity index (χ1) is 14.6. The summed E-state index contributed by atoms with van der Waals surface area (Å²) in [5, 5.41) is 4.32. The van der Waals surface area contributed by atoms with Gasteiger partial charge in [-0.1, -0.05) is 5.16 Å². The van der Waals surface area contributed by atoms with Crippen LogP contribution in [-0.2, 0) is 14.9 Å². The van der Waals surface area contributed by atoms with E-state index in [0.717, 1.165) is 31.9 Å². The van der Waals surface area contributed by atoms with E-state index in [4.69, 9.17) is 19.0 Å². The molecule has 2 aromatic rings. The molecule has 4 rings (SSSR count). The predicted molar refractivity (Wildman–Crippen MR) is 105 cm³/mol. The van der Waals surface area contributed by atoms with Gasteiger partial charge < -0.3 is 18.9 Å². The second kappa shape index (κ2) is 9.18. The number of halogens is 1. The lowest BCUT2D eigenvalue weighted by Crippen LogP contribution is -2.49. The Kier molecular flexibility index (Phi) is 6.38. The average Bonchev–Trinajstić information content (AvgIpc) is 3.29. The van der Waals surface area contributed by atoms with Gasteiger partial charge in [-0.2, -0.15) is 4.98 Å². The molecule has 1 unspecified atom stereocenters. The smallest absolute Gasteiger partial charge is 0.256 e. The number of likely N-dealkylation sites (tertiary alicyclic amines) is 1. The molecule has 2 fully saturated rings. The van der Waals surface area contributed by atoms with E-state index in [1.54, 1.807) is 12.0 Å². The summed E-state index contributed by atoms with van der Waals surface area (Å²) < 4.78 is 30.5. The standard InChI is InChI=1S/C21H27FN4O4/c1-28-12-7-21(20-24-18(30-25-20)15-4-10-29-11-5-15)6-2-9-26(14-21)19(27)16-3-8-23-13-17(16)22/h3,8,13,15H,2,4-7,9-12,14H2,1H3. The molecule has 1 atom stereocenters. The Morgan fingerprint density at radius 2 is 2.23 bits per heavy atom. The van der Waals surface area contributed by atoms with Crippen LogP contribution in [0, 0.1) is 5.82 Å². The zero-order chi connectivity index (χ0) is 21.0. The van der Waals surface area contributed by atoms with Crippen molar-refractivity contribution in [3.05, 3.63) is 41.6 Å². The lowest BCUT2D eigenvalue weighted by molar-refractivity contribution is 0.0562. The first-order valence-electron chi connectivity index (χ1n) is 10.4. The fraction of sp³-hybridized carbons (Fsp3) is 0.619. The minimum absolute atomic E-state index is 0.0311. The van der Waals surface area contributed by atoms with Crippen LogP contribution >= 0.6 is 0 Å². The van der Waals surface area contributed by atoms with Gasteiger partial charge in [0.05, 0.1) is 17.2 Å². The van der Waals surface area contributed by atoms with Gasteiger partial charge in [0.2, 0.25) is 5.89 Å². The number of hydrogen-bond acceptors (Lipinski definition) is 7. The molecular weight excluding hydrogens is 391 g/mol. The number of rotatable bonds is 6. The van der Waals surface area contributed by atoms with Crippen LogP contribution in [0.1, 0.15) is 60.1 Å². The fourth-order valence-corrected chi connectivity index (χ4v) is 4.38. The molecule has 0 spiro atoms. The molecule has 4 heterocycles. The van der Waals surface area contributed by atoms with Crippen molar-refractivity contribution in [3.63, 3.8) is 0 Å². The molecule has 0 radical (unpaired) electrons. The van der Waals surface area contributed by atoms with Crippen molar-refractivity contribution in [2.75, 3.05) is 40.0 Å². The highest BCUT2D eigenvalue weighted by atomic mass is 19.1. The number of ether oxygens (including phenoxy) is 2. The summed E-state index contributed by atoms with van der Waals surface area (Å²) in [7, 11) is 1.65. The summed E-state index contributed by atoms with van der Waals surface area (Å²) in [5.74, 6) is 0.482. The molecule has 8 nitrogen and oxygen atoms in total. The first-order valence-corrected chi connectivity index (χ1v) is 10.4. The lowest BCUT2D eigenvalue weighted by atomic mass is 9.76. The van der Waals surface area contributed by atoms with Crippen molar-refractivity contribution >= 4 is 5.91 Å². The Labute approximate surface area is 174 Å². The molecule has 2 aliphatic rings. The summed E-state index contributed by atoms with van der Waals surface area (Å²) in [6, 6.07) is 1.42. The molecule has 0 aromatic carbocycles. The number of hydrogen-bond donors (Lipinski definition) is 0. The summed E-state index contributed by atoms with van der Waals surface area (Å²) >= 11 is 0. The lowest BCUT2D eigenvalue weighted by Gasteiger charge is -2.41. The van der Waals surface area contributed by atoms with E-state index in [2.05, 4.69) is 10.1 Å². The van der Waals surface area contributed by atoms with Crippen LogP contribution in [0.2, 0.25) is 0 Å². The molecule has 162 valence electrons. The second-order valence-corrected chi connectivity index (χ2v) is 8.05. The molecular formula is C21H27FN4O4. The zero-order valence-corrected chi connectivity index (χ0v) is 17.2. The van der Waals surface area contributed by atoms with E-state index >= 15 is 0 Å². The quantitative estimate of drug-likeness (QED) is 0.712. The maximum atomic E-state index is 14.1. The monoisotopic (exact) mass is 418 g/mol. The molecule has 1 amide bonds. The van der Waals surface area contributed by atoms with E-state index in [-0.39, 0.29) is 17.4 Å². The van der Waals surface area contributed by atoms with Crippen molar-refractivity contribution in [1.82, 2.24) is 20.0 Å². The number of methoxy groups -OCH3 is 1. The number of amides is 1. The Morgan fingerprint density at radius 3 is 3.00 bits per heavy atom. The third-order valence-corrected chi connectivity index (χ3v) is 6.14. The normalized spacial score (nSPS) is 22.9. The van der Waals surface area contributed by atoms with E-state index in [1.807, 2.05) is 0 Å². The van der Waals surface area contributed by atoms with Crippen LogP contribution in [0.15, 0.2) is 23.0 Å². The highest BCUT2D eigenvalue weighted by molar-refractivity contribution is 5.94. The first kappa shape index (κ1) is 20.9. The van der Waals surface area contributed by atoms with Crippen LogP contribution in [0.25, 0.3) is 0 Å². The van der Waals surface area contributed by atoms with Crippen LogP contribution in [-0.4, -0.2) is 66.0 Å². The van der Waals surface area contributed by atoms with Crippen LogP contribution in [0.4, 0.5) is 4.39 Å². The topological polar surface area (TPSA) is 90.6 Å². The molecule has 30 heavy (non-hydrogen) atoms. The predicted octanol–water partition coefficient (Wildman–Crippen LogP) is 2.71. The van der Waals surface area contributed by atoms with Crippen molar-refractivity contribution in [2.45, 2.75) is 43.4 Å². The Hall–Kier alpha value is -2.39. The van der Waals surface area contributed by atoms with Gasteiger partial charge in [-0.3, -0.25) is 9.78 Å². The molecule has 0 saturated carbocycles. The molecule has 0 N–H and O–H groups in total. The third-order valence-electron chi connectivity index (χ3n) is 6.14. The van der Waals surface area contributed by atoms with Crippen LogP contribution in [0.5, 0.6) is 0 Å². The van der Waals surface area contributed by atoms with Gasteiger partial charge in [0, 0.05) is 52.1 Å². The molecule has 2 saturated heterocycles. The molecule has 0 aliphatic carbocycles. The zero-order valence-electron chi connectivity index (χ0n) is 17.2. The minimum atomic E-state index is -0.614. The average molecular weight is 418 g/mol. The van der Waals surface area contributed by atoms with Crippen LogP contribution < -0.4 is 0 Å². The molecule has 0 bridgehead atoms. The van der Waals surface area contributed by atoms with Crippen molar-refractivity contribution in [3.8, 4) is 0 Å². The van der Waals surface area contributed by atoms with Crippen molar-refractivity contribution < 1.29 is 23.2 Å². The molecule has 2 aliphatic heterocycles. The fourth-order valence-electron chi connectivity index (χ4n) is 4.38.